The second kappa shape index (κ2) is 7.00. The summed E-state index contributed by atoms with van der Waals surface area (Å²) in [5.41, 5.74) is 1.18. The van der Waals surface area contributed by atoms with Gasteiger partial charge < -0.3 is 15.3 Å². The van der Waals surface area contributed by atoms with Crippen LogP contribution in [0, 0.1) is 44.3 Å². The predicted molar refractivity (Wildman–Crippen MR) is 134 cm³/mol. The Labute approximate surface area is 205 Å². The standard InChI is InChI=1S/C30H46O4/c1-25(2)12-14-30(24(33)34)15-13-27(5)18(19(30)17-25)8-9-21-28(27,6)11-10-20-26(3,4)22(31)16-23(32)29(20,21)7/h8-9,20-23,31-32H,10-17H2,1-7H3,(H,33,34). The highest BCUT2D eigenvalue weighted by atomic mass is 16.4. The van der Waals surface area contributed by atoms with Crippen LogP contribution in [0.4, 0.5) is 0 Å². The van der Waals surface area contributed by atoms with Crippen molar-refractivity contribution in [1.82, 2.24) is 0 Å². The molecule has 8 unspecified atom stereocenters. The zero-order chi connectivity index (χ0) is 25.1. The summed E-state index contributed by atoms with van der Waals surface area (Å²) in [6, 6.07) is 0. The molecule has 0 radical (unpaired) electrons. The largest absolute Gasteiger partial charge is 0.481 e. The van der Waals surface area contributed by atoms with Crippen LogP contribution in [0.25, 0.3) is 0 Å². The number of carboxylic acids is 1. The molecule has 3 N–H and O–H groups in total. The molecule has 0 aromatic carbocycles. The molecule has 4 heteroatoms. The van der Waals surface area contributed by atoms with E-state index in [0.717, 1.165) is 44.9 Å². The molecule has 5 aliphatic rings. The lowest BCUT2D eigenvalue weighted by molar-refractivity contribution is -0.228. The van der Waals surface area contributed by atoms with Gasteiger partial charge in [0.25, 0.3) is 0 Å². The van der Waals surface area contributed by atoms with Crippen LogP contribution in [0.2, 0.25) is 0 Å². The fraction of sp³-hybridized carbons (Fsp3) is 0.833. The van der Waals surface area contributed by atoms with Crippen molar-refractivity contribution in [2.24, 2.45) is 44.3 Å². The second-order valence-corrected chi connectivity index (χ2v) is 14.8. The molecule has 8 atom stereocenters. The molecule has 5 rings (SSSR count). The van der Waals surface area contributed by atoms with E-state index in [4.69, 9.17) is 0 Å². The zero-order valence-electron chi connectivity index (χ0n) is 22.4. The van der Waals surface area contributed by atoms with Crippen molar-refractivity contribution in [1.29, 1.82) is 0 Å². The molecule has 0 aromatic heterocycles. The van der Waals surface area contributed by atoms with Gasteiger partial charge in [0.15, 0.2) is 0 Å². The monoisotopic (exact) mass is 470 g/mol. The molecule has 0 bridgehead atoms. The number of aliphatic hydroxyl groups excluding tert-OH is 2. The quantitative estimate of drug-likeness (QED) is 0.431. The molecule has 190 valence electrons. The highest BCUT2D eigenvalue weighted by Crippen LogP contribution is 2.74. The van der Waals surface area contributed by atoms with Gasteiger partial charge in [0.05, 0.1) is 17.6 Å². The van der Waals surface area contributed by atoms with Crippen molar-refractivity contribution in [2.45, 2.75) is 112 Å². The molecule has 34 heavy (non-hydrogen) atoms. The van der Waals surface area contributed by atoms with Crippen LogP contribution in [0.3, 0.4) is 0 Å². The molecule has 0 saturated heterocycles. The first-order chi connectivity index (χ1) is 15.6. The van der Waals surface area contributed by atoms with E-state index < -0.39 is 23.6 Å². The summed E-state index contributed by atoms with van der Waals surface area (Å²) >= 11 is 0. The van der Waals surface area contributed by atoms with Gasteiger partial charge in [0, 0.05) is 11.8 Å². The van der Waals surface area contributed by atoms with Crippen LogP contribution in [-0.2, 0) is 4.79 Å². The summed E-state index contributed by atoms with van der Waals surface area (Å²) in [6.45, 7) is 16.0. The van der Waals surface area contributed by atoms with Crippen LogP contribution in [0.1, 0.15) is 99.8 Å². The summed E-state index contributed by atoms with van der Waals surface area (Å²) in [5, 5.41) is 32.8. The Morgan fingerprint density at radius 3 is 2.21 bits per heavy atom. The number of carboxylic acid groups (broad SMARTS) is 1. The number of hydrogen-bond donors (Lipinski definition) is 3. The molecule has 3 saturated carbocycles. The third-order valence-corrected chi connectivity index (χ3v) is 12.5. The maximum absolute atomic E-state index is 12.7. The number of carbonyl (C=O) groups is 1. The fourth-order valence-electron chi connectivity index (χ4n) is 9.88. The van der Waals surface area contributed by atoms with E-state index in [-0.39, 0.29) is 38.9 Å². The minimum Gasteiger partial charge on any atom is -0.481 e. The molecule has 3 fully saturated rings. The number of rotatable bonds is 1. The average Bonchev–Trinajstić information content (AvgIpc) is 2.72. The molecule has 0 amide bonds. The number of aliphatic hydroxyl groups is 2. The van der Waals surface area contributed by atoms with Crippen molar-refractivity contribution in [3.05, 3.63) is 23.3 Å². The highest BCUT2D eigenvalue weighted by molar-refractivity contribution is 5.80. The lowest BCUT2D eigenvalue weighted by Crippen LogP contribution is -2.67. The summed E-state index contributed by atoms with van der Waals surface area (Å²) in [5.74, 6) is -0.194. The molecule has 4 nitrogen and oxygen atoms in total. The molecule has 0 spiro atoms. The van der Waals surface area contributed by atoms with Crippen LogP contribution in [0.5, 0.6) is 0 Å². The molecular formula is C30H46O4. The van der Waals surface area contributed by atoms with Crippen molar-refractivity contribution in [3.63, 3.8) is 0 Å². The number of fused-ring (bicyclic) bond motifs is 6. The van der Waals surface area contributed by atoms with E-state index in [0.29, 0.717) is 6.42 Å². The Bertz CT molecular complexity index is 974. The van der Waals surface area contributed by atoms with E-state index in [2.05, 4.69) is 60.6 Å². The number of allylic oxidation sites excluding steroid dienone is 3. The Hall–Kier alpha value is -1.13. The Kier molecular flexibility index (Phi) is 5.06. The highest BCUT2D eigenvalue weighted by Gasteiger charge is 2.69. The van der Waals surface area contributed by atoms with Crippen LogP contribution in [0.15, 0.2) is 23.3 Å². The first kappa shape index (κ1) is 24.6. The van der Waals surface area contributed by atoms with E-state index in [1.807, 2.05) is 0 Å². The van der Waals surface area contributed by atoms with Gasteiger partial charge in [0.1, 0.15) is 0 Å². The summed E-state index contributed by atoms with van der Waals surface area (Å²) in [7, 11) is 0. The summed E-state index contributed by atoms with van der Waals surface area (Å²) < 4.78 is 0. The molecule has 0 aliphatic heterocycles. The van der Waals surface area contributed by atoms with E-state index in [9.17, 15) is 20.1 Å². The van der Waals surface area contributed by atoms with Gasteiger partial charge in [-0.2, -0.15) is 0 Å². The minimum absolute atomic E-state index is 0.0546. The smallest absolute Gasteiger partial charge is 0.313 e. The summed E-state index contributed by atoms with van der Waals surface area (Å²) in [4.78, 5) is 12.7. The maximum atomic E-state index is 12.7. The Morgan fingerprint density at radius 2 is 1.56 bits per heavy atom. The zero-order valence-corrected chi connectivity index (χ0v) is 22.4. The van der Waals surface area contributed by atoms with Gasteiger partial charge in [-0.1, -0.05) is 60.6 Å². The van der Waals surface area contributed by atoms with Crippen molar-refractivity contribution >= 4 is 5.97 Å². The van der Waals surface area contributed by atoms with Gasteiger partial charge in [-0.05, 0) is 89.6 Å². The Morgan fingerprint density at radius 1 is 0.912 bits per heavy atom. The molecule has 5 aliphatic carbocycles. The molecule has 0 aromatic rings. The topological polar surface area (TPSA) is 77.8 Å². The van der Waals surface area contributed by atoms with Crippen LogP contribution in [-0.4, -0.2) is 33.5 Å². The maximum Gasteiger partial charge on any atom is 0.313 e. The van der Waals surface area contributed by atoms with Crippen molar-refractivity contribution < 1.29 is 20.1 Å². The lowest BCUT2D eigenvalue weighted by atomic mass is 9.35. The number of hydrogen-bond acceptors (Lipinski definition) is 3. The summed E-state index contributed by atoms with van der Waals surface area (Å²) in [6.07, 6.45) is 10.2. The van der Waals surface area contributed by atoms with Gasteiger partial charge in [-0.25, -0.2) is 0 Å². The molecular weight excluding hydrogens is 424 g/mol. The van der Waals surface area contributed by atoms with Crippen molar-refractivity contribution in [2.75, 3.05) is 0 Å². The van der Waals surface area contributed by atoms with Gasteiger partial charge in [-0.15, -0.1) is 0 Å². The Balaban J connectivity index is 1.70. The van der Waals surface area contributed by atoms with Gasteiger partial charge in [-0.3, -0.25) is 4.79 Å². The third-order valence-electron chi connectivity index (χ3n) is 12.5. The van der Waals surface area contributed by atoms with E-state index in [1.165, 1.54) is 11.1 Å². The van der Waals surface area contributed by atoms with Crippen molar-refractivity contribution in [3.8, 4) is 0 Å². The van der Waals surface area contributed by atoms with Gasteiger partial charge in [0.2, 0.25) is 0 Å². The van der Waals surface area contributed by atoms with Gasteiger partial charge >= 0.3 is 5.97 Å². The predicted octanol–water partition coefficient (Wildman–Crippen LogP) is 6.12. The normalized spacial score (nSPS) is 51.1. The fourth-order valence-corrected chi connectivity index (χ4v) is 9.88. The SMILES string of the molecule is CC1(C)CCC2(C(=O)O)CCC3(C)C(=C2C1)C=CC1C2(C)C(O)CC(O)C(C)(C)C2CCC13C. The van der Waals surface area contributed by atoms with Crippen LogP contribution < -0.4 is 0 Å². The van der Waals surface area contributed by atoms with Crippen LogP contribution >= 0.6 is 0 Å². The first-order valence-corrected chi connectivity index (χ1v) is 13.6. The first-order valence-electron chi connectivity index (χ1n) is 13.6. The van der Waals surface area contributed by atoms with E-state index in [1.54, 1.807) is 0 Å². The molecule has 0 heterocycles. The lowest BCUT2D eigenvalue weighted by Gasteiger charge is -2.70. The minimum atomic E-state index is -0.713. The van der Waals surface area contributed by atoms with E-state index >= 15 is 0 Å². The third kappa shape index (κ3) is 2.76. The average molecular weight is 471 g/mol. The number of aliphatic carboxylic acids is 1. The second-order valence-electron chi connectivity index (χ2n) is 14.8.